The first kappa shape index (κ1) is 9.54. The smallest absolute Gasteiger partial charge is 0.321 e. The maximum Gasteiger partial charge on any atom is 0.321 e. The van der Waals surface area contributed by atoms with E-state index in [2.05, 4.69) is 11.8 Å². The summed E-state index contributed by atoms with van der Waals surface area (Å²) in [6.07, 6.45) is 5.14. The number of carboxylic acid groups (broad SMARTS) is 1. The van der Waals surface area contributed by atoms with Gasteiger partial charge in [-0.1, -0.05) is 24.7 Å². The SMILES string of the molecule is NC1(C#CC2(C(=O)O)CCCC2)CC1. The molecule has 0 aromatic rings. The minimum absolute atomic E-state index is 0.356. The van der Waals surface area contributed by atoms with Gasteiger partial charge in [0, 0.05) is 0 Å². The van der Waals surface area contributed by atoms with Gasteiger partial charge in [0.1, 0.15) is 5.41 Å². The molecule has 0 spiro atoms. The molecule has 0 heterocycles. The molecule has 0 aromatic carbocycles. The topological polar surface area (TPSA) is 63.3 Å². The van der Waals surface area contributed by atoms with Crippen molar-refractivity contribution in [3.63, 3.8) is 0 Å². The molecule has 0 amide bonds. The first-order valence-corrected chi connectivity index (χ1v) is 5.13. The summed E-state index contributed by atoms with van der Waals surface area (Å²) in [7, 11) is 0. The zero-order valence-electron chi connectivity index (χ0n) is 8.18. The van der Waals surface area contributed by atoms with E-state index in [0.29, 0.717) is 12.8 Å². The predicted molar refractivity (Wildman–Crippen MR) is 52.5 cm³/mol. The van der Waals surface area contributed by atoms with E-state index in [1.54, 1.807) is 0 Å². The lowest BCUT2D eigenvalue weighted by Gasteiger charge is -2.16. The van der Waals surface area contributed by atoms with E-state index in [-0.39, 0.29) is 5.54 Å². The molecule has 2 fully saturated rings. The van der Waals surface area contributed by atoms with Gasteiger partial charge in [-0.2, -0.15) is 0 Å². The van der Waals surface area contributed by atoms with Gasteiger partial charge >= 0.3 is 5.97 Å². The van der Waals surface area contributed by atoms with Crippen molar-refractivity contribution >= 4 is 5.97 Å². The van der Waals surface area contributed by atoms with Gasteiger partial charge in [0.15, 0.2) is 0 Å². The third kappa shape index (κ3) is 1.62. The van der Waals surface area contributed by atoms with Crippen LogP contribution in [0.5, 0.6) is 0 Å². The van der Waals surface area contributed by atoms with Gasteiger partial charge in [0.2, 0.25) is 0 Å². The quantitative estimate of drug-likeness (QED) is 0.613. The zero-order valence-corrected chi connectivity index (χ0v) is 8.18. The maximum absolute atomic E-state index is 11.1. The molecule has 0 aliphatic heterocycles. The van der Waals surface area contributed by atoms with Crippen LogP contribution in [0.15, 0.2) is 0 Å². The van der Waals surface area contributed by atoms with Crippen LogP contribution in [-0.2, 0) is 4.79 Å². The maximum atomic E-state index is 11.1. The van der Waals surface area contributed by atoms with Crippen molar-refractivity contribution < 1.29 is 9.90 Å². The van der Waals surface area contributed by atoms with Crippen molar-refractivity contribution in [2.75, 3.05) is 0 Å². The summed E-state index contributed by atoms with van der Waals surface area (Å²) in [5, 5.41) is 9.14. The van der Waals surface area contributed by atoms with Crippen LogP contribution >= 0.6 is 0 Å². The van der Waals surface area contributed by atoms with E-state index in [4.69, 9.17) is 10.8 Å². The van der Waals surface area contributed by atoms with E-state index >= 15 is 0 Å². The number of hydrogen-bond donors (Lipinski definition) is 2. The third-order valence-corrected chi connectivity index (χ3v) is 3.21. The Morgan fingerprint density at radius 2 is 1.71 bits per heavy atom. The van der Waals surface area contributed by atoms with Crippen molar-refractivity contribution in [3.8, 4) is 11.8 Å². The average Bonchev–Trinajstić information content (AvgIpc) is 2.68. The summed E-state index contributed by atoms with van der Waals surface area (Å²) in [6.45, 7) is 0. The molecule has 2 aliphatic carbocycles. The van der Waals surface area contributed by atoms with E-state index in [0.717, 1.165) is 25.7 Å². The van der Waals surface area contributed by atoms with Crippen molar-refractivity contribution in [2.24, 2.45) is 11.1 Å². The number of hydrogen-bond acceptors (Lipinski definition) is 2. The van der Waals surface area contributed by atoms with Crippen LogP contribution in [0.2, 0.25) is 0 Å². The largest absolute Gasteiger partial charge is 0.480 e. The van der Waals surface area contributed by atoms with Gasteiger partial charge in [-0.3, -0.25) is 4.79 Å². The Morgan fingerprint density at radius 3 is 2.14 bits per heavy atom. The number of rotatable bonds is 1. The number of aliphatic carboxylic acids is 1. The summed E-state index contributed by atoms with van der Waals surface area (Å²) in [4.78, 5) is 11.1. The highest BCUT2D eigenvalue weighted by atomic mass is 16.4. The fraction of sp³-hybridized carbons (Fsp3) is 0.727. The van der Waals surface area contributed by atoms with E-state index in [1.165, 1.54) is 0 Å². The lowest BCUT2D eigenvalue weighted by molar-refractivity contribution is -0.145. The molecule has 3 N–H and O–H groups in total. The summed E-state index contributed by atoms with van der Waals surface area (Å²) >= 11 is 0. The van der Waals surface area contributed by atoms with Crippen LogP contribution in [-0.4, -0.2) is 16.6 Å². The summed E-state index contributed by atoms with van der Waals surface area (Å²) in [5.74, 6) is 5.09. The molecule has 0 saturated heterocycles. The first-order valence-electron chi connectivity index (χ1n) is 5.13. The molecule has 3 nitrogen and oxygen atoms in total. The summed E-state index contributed by atoms with van der Waals surface area (Å²) < 4.78 is 0. The molecule has 2 aliphatic rings. The molecule has 14 heavy (non-hydrogen) atoms. The minimum Gasteiger partial charge on any atom is -0.480 e. The highest BCUT2D eigenvalue weighted by Crippen LogP contribution is 2.39. The van der Waals surface area contributed by atoms with Crippen LogP contribution in [0.1, 0.15) is 38.5 Å². The normalized spacial score (nSPS) is 26.4. The molecule has 0 atom stereocenters. The molecule has 2 rings (SSSR count). The van der Waals surface area contributed by atoms with Gasteiger partial charge in [0.25, 0.3) is 0 Å². The third-order valence-electron chi connectivity index (χ3n) is 3.21. The van der Waals surface area contributed by atoms with Crippen LogP contribution in [0.3, 0.4) is 0 Å². The monoisotopic (exact) mass is 193 g/mol. The standard InChI is InChI=1S/C11H15NO2/c12-11(7-8-11)6-5-10(9(13)14)3-1-2-4-10/h1-4,7-8,12H2,(H,13,14). The van der Waals surface area contributed by atoms with E-state index < -0.39 is 11.4 Å². The lowest BCUT2D eigenvalue weighted by atomic mass is 9.87. The fourth-order valence-corrected chi connectivity index (χ4v) is 1.87. The van der Waals surface area contributed by atoms with Gasteiger partial charge in [-0.15, -0.1) is 0 Å². The predicted octanol–water partition coefficient (Wildman–Crippen LogP) is 1.13. The Kier molecular flexibility index (Phi) is 2.04. The lowest BCUT2D eigenvalue weighted by Crippen LogP contribution is -2.27. The Labute approximate surface area is 83.7 Å². The van der Waals surface area contributed by atoms with Crippen LogP contribution in [0.25, 0.3) is 0 Å². The first-order chi connectivity index (χ1) is 6.56. The second kappa shape index (κ2) is 2.99. The number of carbonyl (C=O) groups is 1. The Bertz CT molecular complexity index is 314. The highest BCUT2D eigenvalue weighted by molar-refractivity contribution is 5.79. The highest BCUT2D eigenvalue weighted by Gasteiger charge is 2.42. The van der Waals surface area contributed by atoms with Crippen LogP contribution < -0.4 is 5.73 Å². The van der Waals surface area contributed by atoms with Crippen LogP contribution in [0, 0.1) is 17.3 Å². The fourth-order valence-electron chi connectivity index (χ4n) is 1.87. The molecule has 0 aromatic heterocycles. The van der Waals surface area contributed by atoms with Crippen molar-refractivity contribution in [2.45, 2.75) is 44.1 Å². The van der Waals surface area contributed by atoms with Crippen LogP contribution in [0.4, 0.5) is 0 Å². The molecular formula is C11H15NO2. The molecule has 76 valence electrons. The van der Waals surface area contributed by atoms with Gasteiger partial charge < -0.3 is 10.8 Å². The second-order valence-corrected chi connectivity index (χ2v) is 4.50. The van der Waals surface area contributed by atoms with E-state index in [9.17, 15) is 4.79 Å². The average molecular weight is 193 g/mol. The van der Waals surface area contributed by atoms with Crippen molar-refractivity contribution in [1.82, 2.24) is 0 Å². The molecule has 0 unspecified atom stereocenters. The summed E-state index contributed by atoms with van der Waals surface area (Å²) in [5.41, 5.74) is 4.68. The molecule has 0 bridgehead atoms. The second-order valence-electron chi connectivity index (χ2n) is 4.50. The van der Waals surface area contributed by atoms with E-state index in [1.807, 2.05) is 0 Å². The molecule has 3 heteroatoms. The molecule has 2 saturated carbocycles. The van der Waals surface area contributed by atoms with Crippen molar-refractivity contribution in [1.29, 1.82) is 0 Å². The summed E-state index contributed by atoms with van der Waals surface area (Å²) in [6, 6.07) is 0. The molecular weight excluding hydrogens is 178 g/mol. The Balaban J connectivity index is 2.18. The number of nitrogens with two attached hydrogens (primary N) is 1. The van der Waals surface area contributed by atoms with Gasteiger partial charge in [-0.25, -0.2) is 0 Å². The van der Waals surface area contributed by atoms with Crippen molar-refractivity contribution in [3.05, 3.63) is 0 Å². The van der Waals surface area contributed by atoms with Gasteiger partial charge in [0.05, 0.1) is 5.54 Å². The Hall–Kier alpha value is -1.01. The van der Waals surface area contributed by atoms with Gasteiger partial charge in [-0.05, 0) is 25.7 Å². The zero-order chi connectivity index (χ0) is 10.2. The minimum atomic E-state index is -0.783. The Morgan fingerprint density at radius 1 is 1.14 bits per heavy atom. The number of carboxylic acids is 1. The molecule has 0 radical (unpaired) electrons.